The van der Waals surface area contributed by atoms with Gasteiger partial charge in [0, 0.05) is 19.3 Å². The number of ether oxygens (including phenoxy) is 1. The standard InChI is InChI=1S/C41H80NO3/c1-12-39(26-16-24-36(7)21-14-19-34(4)5)32-40(43)38(9)25-17-29-42(10,11)30-31-45-41(44)28-27-37(8)23-15-22-35(6)20-13-18-33(2)3/h33-37,39H,9,12-32H2,1-8,10-11H3/q+1. The van der Waals surface area contributed by atoms with Gasteiger partial charge in [-0.2, -0.15) is 0 Å². The largest absolute Gasteiger partial charge is 0.460 e. The van der Waals surface area contributed by atoms with Crippen LogP contribution in [0.25, 0.3) is 0 Å². The van der Waals surface area contributed by atoms with Crippen molar-refractivity contribution in [3.05, 3.63) is 12.2 Å². The monoisotopic (exact) mass is 635 g/mol. The molecule has 45 heavy (non-hydrogen) atoms. The predicted molar refractivity (Wildman–Crippen MR) is 196 cm³/mol. The molecule has 0 amide bonds. The molecule has 0 bridgehead atoms. The quantitative estimate of drug-likeness (QED) is 0.0448. The summed E-state index contributed by atoms with van der Waals surface area (Å²) < 4.78 is 6.39. The lowest BCUT2D eigenvalue weighted by Gasteiger charge is -2.29. The number of carbonyl (C=O) groups excluding carboxylic acids is 2. The Kier molecular flexibility index (Phi) is 25.2. The van der Waals surface area contributed by atoms with Crippen LogP contribution in [0.2, 0.25) is 0 Å². The molecular formula is C41H80NO3+. The highest BCUT2D eigenvalue weighted by atomic mass is 16.5. The average Bonchev–Trinajstić information content (AvgIpc) is 2.94. The van der Waals surface area contributed by atoms with Gasteiger partial charge in [0.1, 0.15) is 13.2 Å². The molecule has 0 heterocycles. The number of nitrogens with zero attached hydrogens (tertiary/aromatic N) is 1. The zero-order valence-electron chi connectivity index (χ0n) is 32.2. The van der Waals surface area contributed by atoms with Crippen molar-refractivity contribution in [2.75, 3.05) is 33.8 Å². The lowest BCUT2D eigenvalue weighted by atomic mass is 9.88. The number of likely N-dealkylation sites (N-methyl/N-ethyl adjacent to an activating group) is 1. The number of allylic oxidation sites excluding steroid dienone is 1. The Hall–Kier alpha value is -1.16. The maximum atomic E-state index is 12.9. The molecule has 0 saturated carbocycles. The van der Waals surface area contributed by atoms with E-state index >= 15 is 0 Å². The summed E-state index contributed by atoms with van der Waals surface area (Å²) in [6, 6.07) is 0. The van der Waals surface area contributed by atoms with Crippen molar-refractivity contribution in [1.29, 1.82) is 0 Å². The molecule has 0 fully saturated rings. The maximum Gasteiger partial charge on any atom is 0.306 e. The number of hydrogen-bond donors (Lipinski definition) is 0. The minimum absolute atomic E-state index is 0.0612. The molecular weight excluding hydrogens is 554 g/mol. The fourth-order valence-electron chi connectivity index (χ4n) is 6.42. The van der Waals surface area contributed by atoms with E-state index in [4.69, 9.17) is 4.74 Å². The SMILES string of the molecule is C=C(CCC[N+](C)(C)CCOC(=O)CCC(C)CCCC(C)CCCC(C)C)C(=O)CC(CC)CCCC(C)CCCC(C)C. The van der Waals surface area contributed by atoms with E-state index in [-0.39, 0.29) is 11.8 Å². The van der Waals surface area contributed by atoms with E-state index in [9.17, 15) is 9.59 Å². The number of ketones is 1. The fourth-order valence-corrected chi connectivity index (χ4v) is 6.42. The first-order valence-electron chi connectivity index (χ1n) is 19.3. The van der Waals surface area contributed by atoms with E-state index in [1.807, 2.05) is 0 Å². The molecule has 0 aromatic heterocycles. The third-order valence-electron chi connectivity index (χ3n) is 10.1. The van der Waals surface area contributed by atoms with Crippen LogP contribution in [0.4, 0.5) is 0 Å². The lowest BCUT2D eigenvalue weighted by molar-refractivity contribution is -0.890. The molecule has 0 radical (unpaired) electrons. The first kappa shape index (κ1) is 43.8. The van der Waals surface area contributed by atoms with Crippen LogP contribution in [0.1, 0.15) is 171 Å². The third kappa shape index (κ3) is 26.6. The van der Waals surface area contributed by atoms with E-state index in [2.05, 4.69) is 76.1 Å². The minimum Gasteiger partial charge on any atom is -0.460 e. The number of Topliss-reactive ketones (excluding diaryl/α,β-unsaturated/α-hetero) is 1. The molecule has 0 N–H and O–H groups in total. The van der Waals surface area contributed by atoms with Gasteiger partial charge in [-0.15, -0.1) is 0 Å². The van der Waals surface area contributed by atoms with Gasteiger partial charge in [-0.25, -0.2) is 0 Å². The fraction of sp³-hybridized carbons (Fsp3) is 0.902. The van der Waals surface area contributed by atoms with Crippen molar-refractivity contribution in [3.63, 3.8) is 0 Å². The third-order valence-corrected chi connectivity index (χ3v) is 10.1. The zero-order chi connectivity index (χ0) is 34.3. The van der Waals surface area contributed by atoms with Crippen molar-refractivity contribution in [2.24, 2.45) is 35.5 Å². The second kappa shape index (κ2) is 25.9. The molecule has 0 aliphatic heterocycles. The van der Waals surface area contributed by atoms with Crippen LogP contribution in [0.3, 0.4) is 0 Å². The van der Waals surface area contributed by atoms with Gasteiger partial charge in [0.25, 0.3) is 0 Å². The maximum absolute atomic E-state index is 12.9. The van der Waals surface area contributed by atoms with Gasteiger partial charge in [0.15, 0.2) is 5.78 Å². The Morgan fingerprint density at radius 3 is 1.58 bits per heavy atom. The summed E-state index contributed by atoms with van der Waals surface area (Å²) in [7, 11) is 4.36. The molecule has 0 aromatic rings. The van der Waals surface area contributed by atoms with Crippen molar-refractivity contribution in [3.8, 4) is 0 Å². The molecule has 0 spiro atoms. The lowest BCUT2D eigenvalue weighted by Crippen LogP contribution is -2.43. The molecule has 4 nitrogen and oxygen atoms in total. The Morgan fingerprint density at radius 1 is 0.622 bits per heavy atom. The summed E-state index contributed by atoms with van der Waals surface area (Å²) in [6.45, 7) is 24.9. The van der Waals surface area contributed by atoms with Gasteiger partial charge < -0.3 is 9.22 Å². The Labute approximate surface area is 282 Å². The van der Waals surface area contributed by atoms with E-state index in [1.165, 1.54) is 70.6 Å². The van der Waals surface area contributed by atoms with Crippen molar-refractivity contribution >= 4 is 11.8 Å². The van der Waals surface area contributed by atoms with Crippen LogP contribution >= 0.6 is 0 Å². The van der Waals surface area contributed by atoms with Gasteiger partial charge in [0.05, 0.1) is 20.6 Å². The van der Waals surface area contributed by atoms with Gasteiger partial charge >= 0.3 is 5.97 Å². The topological polar surface area (TPSA) is 43.4 Å². The highest BCUT2D eigenvalue weighted by Gasteiger charge is 2.19. The molecule has 0 rings (SSSR count). The molecule has 0 aliphatic carbocycles. The molecule has 0 saturated heterocycles. The number of esters is 1. The molecule has 4 heteroatoms. The van der Waals surface area contributed by atoms with Gasteiger partial charge in [-0.3, -0.25) is 9.59 Å². The van der Waals surface area contributed by atoms with Gasteiger partial charge in [-0.1, -0.05) is 145 Å². The second-order valence-electron chi connectivity index (χ2n) is 16.6. The summed E-state index contributed by atoms with van der Waals surface area (Å²) in [4.78, 5) is 25.3. The number of quaternary nitrogens is 1. The average molecular weight is 635 g/mol. The van der Waals surface area contributed by atoms with Crippen LogP contribution in [-0.4, -0.2) is 50.0 Å². The summed E-state index contributed by atoms with van der Waals surface area (Å²) in [5, 5.41) is 0. The first-order chi connectivity index (χ1) is 21.1. The molecule has 0 aromatic carbocycles. The number of rotatable bonds is 30. The van der Waals surface area contributed by atoms with E-state index in [1.54, 1.807) is 0 Å². The highest BCUT2D eigenvalue weighted by molar-refractivity contribution is 5.94. The minimum atomic E-state index is -0.0612. The van der Waals surface area contributed by atoms with Gasteiger partial charge in [0.2, 0.25) is 0 Å². The molecule has 4 atom stereocenters. The summed E-state index contributed by atoms with van der Waals surface area (Å²) in [5.41, 5.74) is 0.789. The van der Waals surface area contributed by atoms with Crippen LogP contribution in [0.5, 0.6) is 0 Å². The van der Waals surface area contributed by atoms with E-state index in [0.29, 0.717) is 31.3 Å². The van der Waals surface area contributed by atoms with Crippen molar-refractivity contribution in [1.82, 2.24) is 0 Å². The van der Waals surface area contributed by atoms with Crippen molar-refractivity contribution < 1.29 is 18.8 Å². The summed E-state index contributed by atoms with van der Waals surface area (Å²) in [5.74, 6) is 4.47. The number of carbonyl (C=O) groups is 2. The predicted octanol–water partition coefficient (Wildman–Crippen LogP) is 11.6. The van der Waals surface area contributed by atoms with Crippen molar-refractivity contribution in [2.45, 2.75) is 171 Å². The molecule has 266 valence electrons. The van der Waals surface area contributed by atoms with Gasteiger partial charge in [-0.05, 0) is 53.9 Å². The Bertz CT molecular complexity index is 771. The van der Waals surface area contributed by atoms with Crippen LogP contribution < -0.4 is 0 Å². The summed E-state index contributed by atoms with van der Waals surface area (Å²) >= 11 is 0. The van der Waals surface area contributed by atoms with Crippen LogP contribution in [-0.2, 0) is 14.3 Å². The van der Waals surface area contributed by atoms with Crippen LogP contribution in [0.15, 0.2) is 12.2 Å². The zero-order valence-corrected chi connectivity index (χ0v) is 32.2. The second-order valence-corrected chi connectivity index (χ2v) is 16.6. The molecule has 4 unspecified atom stereocenters. The highest BCUT2D eigenvalue weighted by Crippen LogP contribution is 2.24. The van der Waals surface area contributed by atoms with E-state index < -0.39 is 0 Å². The number of hydrogen-bond acceptors (Lipinski definition) is 3. The van der Waals surface area contributed by atoms with Crippen LogP contribution in [0, 0.1) is 35.5 Å². The normalized spacial score (nSPS) is 14.8. The molecule has 0 aliphatic rings. The Balaban J connectivity index is 4.10. The van der Waals surface area contributed by atoms with E-state index in [0.717, 1.165) is 78.9 Å². The first-order valence-corrected chi connectivity index (χ1v) is 19.3. The Morgan fingerprint density at radius 2 is 1.09 bits per heavy atom. The smallest absolute Gasteiger partial charge is 0.306 e. The summed E-state index contributed by atoms with van der Waals surface area (Å²) in [6.07, 6.45) is 20.4.